The predicted molar refractivity (Wildman–Crippen MR) is 78.0 cm³/mol. The summed E-state index contributed by atoms with van der Waals surface area (Å²) in [5.74, 6) is 1.05. The van der Waals surface area contributed by atoms with Crippen molar-refractivity contribution in [1.82, 2.24) is 0 Å². The van der Waals surface area contributed by atoms with Gasteiger partial charge in [0.1, 0.15) is 5.84 Å². The number of carbonyl (C=O) groups excluding carboxylic acids is 1. The normalized spacial score (nSPS) is 25.1. The van der Waals surface area contributed by atoms with Crippen molar-refractivity contribution in [2.75, 3.05) is 5.75 Å². The molecular weight excluding hydrogens is 258 g/mol. The monoisotopic (exact) mass is 273 g/mol. The number of hydrogen-bond donors (Lipinski definition) is 1. The third-order valence-electron chi connectivity index (χ3n) is 3.40. The second-order valence-corrected chi connectivity index (χ2v) is 6.21. The molecule has 1 aliphatic carbocycles. The summed E-state index contributed by atoms with van der Waals surface area (Å²) >= 11 is 1.78. The Morgan fingerprint density at radius 3 is 2.89 bits per heavy atom. The third-order valence-corrected chi connectivity index (χ3v) is 4.68. The minimum absolute atomic E-state index is 0.212. The molecule has 0 atom stereocenters. The van der Waals surface area contributed by atoms with E-state index >= 15 is 0 Å². The Balaban J connectivity index is 1.79. The number of fused-ring (bicyclic) bond motifs is 1. The first-order valence-electron chi connectivity index (χ1n) is 6.29. The summed E-state index contributed by atoms with van der Waals surface area (Å²) in [4.78, 5) is 20.4. The van der Waals surface area contributed by atoms with Crippen LogP contribution < -0.4 is 16.3 Å². The van der Waals surface area contributed by atoms with E-state index in [2.05, 4.69) is 16.6 Å². The Kier molecular flexibility index (Phi) is 3.24. The summed E-state index contributed by atoms with van der Waals surface area (Å²) in [6, 6.07) is 5.75. The zero-order chi connectivity index (χ0) is 13.4. The smallest absolute Gasteiger partial charge is 0.280 e. The van der Waals surface area contributed by atoms with Crippen LogP contribution in [0.15, 0.2) is 28.2 Å². The molecule has 1 heterocycles. The lowest BCUT2D eigenvalue weighted by molar-refractivity contribution is 0.1000. The number of benzene rings is 1. The van der Waals surface area contributed by atoms with Gasteiger partial charge in [-0.05, 0) is 24.1 Å². The fourth-order valence-corrected chi connectivity index (χ4v) is 3.51. The van der Waals surface area contributed by atoms with E-state index < -0.39 is 0 Å². The standard InChI is InChI=1S/C14H15N3OS/c1-8-3-2-4-11-13(8)16-12(17-14(11)18)7-19-10-5-9(15)6-10/h2-4,9-10H,1,5-7,15H2. The molecule has 19 heavy (non-hydrogen) atoms. The molecule has 1 fully saturated rings. The average molecular weight is 273 g/mol. The summed E-state index contributed by atoms with van der Waals surface area (Å²) in [7, 11) is 0. The summed E-state index contributed by atoms with van der Waals surface area (Å²) in [5, 5.41) is 2.02. The van der Waals surface area contributed by atoms with Crippen molar-refractivity contribution in [3.63, 3.8) is 0 Å². The number of amides is 1. The van der Waals surface area contributed by atoms with Crippen LogP contribution in [0.5, 0.6) is 0 Å². The first-order chi connectivity index (χ1) is 9.13. The highest BCUT2D eigenvalue weighted by Gasteiger charge is 2.26. The summed E-state index contributed by atoms with van der Waals surface area (Å²) in [5.41, 5.74) is 6.30. The summed E-state index contributed by atoms with van der Waals surface area (Å²) < 4.78 is 0. The van der Waals surface area contributed by atoms with Gasteiger partial charge in [0.2, 0.25) is 0 Å². The van der Waals surface area contributed by atoms with Crippen LogP contribution in [0.1, 0.15) is 23.2 Å². The second-order valence-electron chi connectivity index (χ2n) is 4.92. The number of amidine groups is 1. The first kappa shape index (κ1) is 12.6. The number of thioether (sulfide) groups is 1. The SMILES string of the molecule is C=c1cccc2c1=NC(CSC1CC(N)C1)=NC2=O. The van der Waals surface area contributed by atoms with E-state index in [-0.39, 0.29) is 5.91 Å². The van der Waals surface area contributed by atoms with Gasteiger partial charge >= 0.3 is 0 Å². The number of hydrogen-bond acceptors (Lipinski definition) is 4. The topological polar surface area (TPSA) is 67.8 Å². The van der Waals surface area contributed by atoms with Gasteiger partial charge in [-0.25, -0.2) is 4.99 Å². The highest BCUT2D eigenvalue weighted by Crippen LogP contribution is 2.30. The fraction of sp³-hybridized carbons (Fsp3) is 0.357. The van der Waals surface area contributed by atoms with Crippen molar-refractivity contribution >= 4 is 30.1 Å². The van der Waals surface area contributed by atoms with Crippen LogP contribution in [-0.4, -0.2) is 28.8 Å². The second kappa shape index (κ2) is 4.90. The molecule has 0 saturated heterocycles. The van der Waals surface area contributed by atoms with Gasteiger partial charge in [0.05, 0.1) is 16.7 Å². The molecule has 1 amide bonds. The van der Waals surface area contributed by atoms with Crippen LogP contribution >= 0.6 is 11.8 Å². The zero-order valence-corrected chi connectivity index (χ0v) is 11.3. The molecular formula is C14H15N3OS. The molecule has 2 N–H and O–H groups in total. The number of nitrogens with zero attached hydrogens (tertiary/aromatic N) is 2. The molecule has 2 aliphatic rings. The van der Waals surface area contributed by atoms with Crippen molar-refractivity contribution in [2.24, 2.45) is 15.7 Å². The van der Waals surface area contributed by atoms with Gasteiger partial charge in [0.25, 0.3) is 5.91 Å². The van der Waals surface area contributed by atoms with E-state index in [4.69, 9.17) is 5.73 Å². The largest absolute Gasteiger partial charge is 0.328 e. The Morgan fingerprint density at radius 1 is 1.37 bits per heavy atom. The number of rotatable bonds is 3. The Labute approximate surface area is 115 Å². The average Bonchev–Trinajstić information content (AvgIpc) is 2.35. The van der Waals surface area contributed by atoms with Crippen LogP contribution in [0.4, 0.5) is 0 Å². The minimum Gasteiger partial charge on any atom is -0.328 e. The maximum absolute atomic E-state index is 11.9. The summed E-state index contributed by atoms with van der Waals surface area (Å²) in [6.45, 7) is 3.91. The van der Waals surface area contributed by atoms with Gasteiger partial charge in [-0.1, -0.05) is 18.7 Å². The molecule has 0 unspecified atom stereocenters. The molecule has 0 radical (unpaired) electrons. The first-order valence-corrected chi connectivity index (χ1v) is 7.34. The molecule has 0 bridgehead atoms. The van der Waals surface area contributed by atoms with Crippen molar-refractivity contribution in [2.45, 2.75) is 24.1 Å². The molecule has 1 saturated carbocycles. The maximum Gasteiger partial charge on any atom is 0.280 e. The molecule has 1 aliphatic heterocycles. The molecule has 0 aromatic heterocycles. The van der Waals surface area contributed by atoms with Crippen LogP contribution in [0.2, 0.25) is 0 Å². The Morgan fingerprint density at radius 2 is 2.16 bits per heavy atom. The van der Waals surface area contributed by atoms with Crippen molar-refractivity contribution < 1.29 is 4.79 Å². The van der Waals surface area contributed by atoms with E-state index in [1.807, 2.05) is 6.07 Å². The molecule has 4 nitrogen and oxygen atoms in total. The molecule has 1 aromatic carbocycles. The third kappa shape index (κ3) is 2.48. The lowest BCUT2D eigenvalue weighted by Crippen LogP contribution is -2.39. The Hall–Kier alpha value is -1.46. The van der Waals surface area contributed by atoms with Crippen LogP contribution in [0, 0.1) is 0 Å². The highest BCUT2D eigenvalue weighted by molar-refractivity contribution is 8.00. The van der Waals surface area contributed by atoms with Gasteiger partial charge in [0, 0.05) is 11.3 Å². The van der Waals surface area contributed by atoms with Crippen molar-refractivity contribution in [3.05, 3.63) is 34.3 Å². The van der Waals surface area contributed by atoms with E-state index in [0.717, 1.165) is 18.1 Å². The molecule has 3 rings (SSSR count). The van der Waals surface area contributed by atoms with E-state index in [0.29, 0.717) is 33.8 Å². The molecule has 98 valence electrons. The zero-order valence-electron chi connectivity index (χ0n) is 10.5. The highest BCUT2D eigenvalue weighted by atomic mass is 32.2. The quantitative estimate of drug-likeness (QED) is 0.871. The molecule has 1 aromatic rings. The number of carbonyl (C=O) groups is 1. The van der Waals surface area contributed by atoms with Gasteiger partial charge in [-0.15, -0.1) is 0 Å². The van der Waals surface area contributed by atoms with E-state index in [9.17, 15) is 4.79 Å². The van der Waals surface area contributed by atoms with Crippen LogP contribution in [0.3, 0.4) is 0 Å². The minimum atomic E-state index is -0.212. The van der Waals surface area contributed by atoms with Crippen LogP contribution in [0.25, 0.3) is 6.58 Å². The number of para-hydroxylation sites is 1. The van der Waals surface area contributed by atoms with Gasteiger partial charge in [-0.2, -0.15) is 16.8 Å². The lowest BCUT2D eigenvalue weighted by Gasteiger charge is -2.31. The van der Waals surface area contributed by atoms with Crippen LogP contribution in [-0.2, 0) is 0 Å². The lowest BCUT2D eigenvalue weighted by atomic mass is 9.94. The van der Waals surface area contributed by atoms with Crippen molar-refractivity contribution in [1.29, 1.82) is 0 Å². The molecule has 0 spiro atoms. The van der Waals surface area contributed by atoms with E-state index in [1.165, 1.54) is 0 Å². The predicted octanol–water partition coefficient (Wildman–Crippen LogP) is 0.492. The van der Waals surface area contributed by atoms with Gasteiger partial charge < -0.3 is 5.73 Å². The fourth-order valence-electron chi connectivity index (χ4n) is 2.23. The number of nitrogens with two attached hydrogens (primary N) is 1. The van der Waals surface area contributed by atoms with E-state index in [1.54, 1.807) is 23.9 Å². The number of aliphatic imine (C=N–C) groups is 1. The molecule has 5 heteroatoms. The summed E-state index contributed by atoms with van der Waals surface area (Å²) in [6.07, 6.45) is 2.09. The maximum atomic E-state index is 11.9. The van der Waals surface area contributed by atoms with Crippen molar-refractivity contribution in [3.8, 4) is 0 Å². The van der Waals surface area contributed by atoms with Gasteiger partial charge in [0.15, 0.2) is 0 Å². The Bertz CT molecular complexity index is 662. The van der Waals surface area contributed by atoms with Gasteiger partial charge in [-0.3, -0.25) is 4.79 Å².